The molecule has 0 N–H and O–H groups in total. The lowest BCUT2D eigenvalue weighted by atomic mass is 9.86. The second kappa shape index (κ2) is 8.93. The van der Waals surface area contributed by atoms with Crippen LogP contribution in [0.2, 0.25) is 5.02 Å². The maximum atomic E-state index is 12.6. The van der Waals surface area contributed by atoms with E-state index in [1.54, 1.807) is 48.0 Å². The summed E-state index contributed by atoms with van der Waals surface area (Å²) in [5, 5.41) is 0.563. The van der Waals surface area contributed by atoms with E-state index >= 15 is 0 Å². The van der Waals surface area contributed by atoms with Crippen LogP contribution in [0, 0.1) is 5.92 Å². The zero-order valence-corrected chi connectivity index (χ0v) is 16.7. The molecule has 148 valence electrons. The minimum Gasteiger partial charge on any atom is -0.481 e. The number of likely N-dealkylation sites (N-methyl/N-ethyl adjacent to an activating group) is 1. The molecule has 1 atom stereocenters. The van der Waals surface area contributed by atoms with Gasteiger partial charge in [0.2, 0.25) is 5.91 Å². The molecule has 2 aliphatic rings. The van der Waals surface area contributed by atoms with Crippen molar-refractivity contribution in [3.05, 3.63) is 29.3 Å². The van der Waals surface area contributed by atoms with E-state index in [0.717, 1.165) is 0 Å². The number of likely N-dealkylation sites (tertiary alicyclic amines) is 1. The van der Waals surface area contributed by atoms with Crippen molar-refractivity contribution in [1.29, 1.82) is 0 Å². The average Bonchev–Trinajstić information content (AvgIpc) is 2.54. The van der Waals surface area contributed by atoms with E-state index in [1.165, 1.54) is 19.3 Å². The molecule has 1 saturated carbocycles. The molecule has 27 heavy (non-hydrogen) atoms. The van der Waals surface area contributed by atoms with E-state index in [-0.39, 0.29) is 24.5 Å². The van der Waals surface area contributed by atoms with Gasteiger partial charge in [-0.15, -0.1) is 0 Å². The van der Waals surface area contributed by atoms with Gasteiger partial charge < -0.3 is 19.3 Å². The molecule has 1 saturated heterocycles. The van der Waals surface area contributed by atoms with Gasteiger partial charge in [0, 0.05) is 25.2 Å². The predicted octanol–water partition coefficient (Wildman–Crippen LogP) is 2.59. The van der Waals surface area contributed by atoms with Gasteiger partial charge in [0.05, 0.1) is 12.6 Å². The average molecular weight is 395 g/mol. The van der Waals surface area contributed by atoms with Crippen molar-refractivity contribution in [2.45, 2.75) is 38.3 Å². The van der Waals surface area contributed by atoms with Crippen LogP contribution < -0.4 is 4.74 Å². The first kappa shape index (κ1) is 20.0. The fourth-order valence-corrected chi connectivity index (χ4v) is 3.41. The molecule has 0 bridgehead atoms. The van der Waals surface area contributed by atoms with E-state index in [4.69, 9.17) is 21.1 Å². The highest BCUT2D eigenvalue weighted by Crippen LogP contribution is 2.26. The Morgan fingerprint density at radius 3 is 2.70 bits per heavy atom. The summed E-state index contributed by atoms with van der Waals surface area (Å²) in [5.74, 6) is 1.07. The first-order chi connectivity index (χ1) is 12.9. The number of hydrogen-bond donors (Lipinski definition) is 0. The molecule has 7 heteroatoms. The van der Waals surface area contributed by atoms with Gasteiger partial charge >= 0.3 is 0 Å². The Kier molecular flexibility index (Phi) is 6.60. The quantitative estimate of drug-likeness (QED) is 0.680. The molecule has 1 unspecified atom stereocenters. The van der Waals surface area contributed by atoms with Gasteiger partial charge in [-0.05, 0) is 43.9 Å². The summed E-state index contributed by atoms with van der Waals surface area (Å²) < 4.78 is 11.2. The summed E-state index contributed by atoms with van der Waals surface area (Å²) in [7, 11) is 1.75. The number of hydrogen-bond acceptors (Lipinski definition) is 4. The number of benzene rings is 1. The third kappa shape index (κ3) is 5.14. The van der Waals surface area contributed by atoms with Crippen molar-refractivity contribution >= 4 is 23.4 Å². The Morgan fingerprint density at radius 2 is 2.07 bits per heavy atom. The molecule has 0 aromatic heterocycles. The highest BCUT2D eigenvalue weighted by molar-refractivity contribution is 6.30. The lowest BCUT2D eigenvalue weighted by Gasteiger charge is -2.44. The maximum absolute atomic E-state index is 12.6. The molecule has 2 fully saturated rings. The molecule has 1 aliphatic heterocycles. The van der Waals surface area contributed by atoms with Gasteiger partial charge in [-0.25, -0.2) is 0 Å². The van der Waals surface area contributed by atoms with E-state index in [0.29, 0.717) is 36.4 Å². The lowest BCUT2D eigenvalue weighted by Crippen LogP contribution is -2.63. The Balaban J connectivity index is 1.38. The van der Waals surface area contributed by atoms with Crippen molar-refractivity contribution in [3.8, 4) is 5.75 Å². The summed E-state index contributed by atoms with van der Waals surface area (Å²) in [6.07, 6.45) is 3.07. The first-order valence-electron chi connectivity index (χ1n) is 9.48. The second-order valence-electron chi connectivity index (χ2n) is 7.43. The van der Waals surface area contributed by atoms with Gasteiger partial charge in [-0.3, -0.25) is 9.59 Å². The highest BCUT2D eigenvalue weighted by atomic mass is 35.5. The van der Waals surface area contributed by atoms with Gasteiger partial charge in [0.1, 0.15) is 12.4 Å². The van der Waals surface area contributed by atoms with Crippen LogP contribution in [0.25, 0.3) is 0 Å². The summed E-state index contributed by atoms with van der Waals surface area (Å²) in [6, 6.07) is 6.99. The molecule has 3 rings (SSSR count). The molecule has 1 aromatic rings. The first-order valence-corrected chi connectivity index (χ1v) is 9.86. The number of halogens is 1. The molecular weight excluding hydrogens is 368 g/mol. The van der Waals surface area contributed by atoms with Crippen LogP contribution in [0.3, 0.4) is 0 Å². The van der Waals surface area contributed by atoms with Crippen molar-refractivity contribution in [1.82, 2.24) is 9.80 Å². The Morgan fingerprint density at radius 1 is 1.33 bits per heavy atom. The largest absolute Gasteiger partial charge is 0.481 e. The molecule has 1 aromatic carbocycles. The minimum atomic E-state index is -0.621. The van der Waals surface area contributed by atoms with Crippen molar-refractivity contribution in [2.24, 2.45) is 5.92 Å². The van der Waals surface area contributed by atoms with Crippen molar-refractivity contribution < 1.29 is 19.1 Å². The number of amides is 2. The molecule has 1 aliphatic carbocycles. The smallest absolute Gasteiger partial charge is 0.263 e. The van der Waals surface area contributed by atoms with Gasteiger partial charge in [-0.2, -0.15) is 0 Å². The number of rotatable bonds is 8. The fourth-order valence-electron chi connectivity index (χ4n) is 3.23. The highest BCUT2D eigenvalue weighted by Gasteiger charge is 2.36. The van der Waals surface area contributed by atoms with E-state index in [2.05, 4.69) is 0 Å². The number of carbonyl (C=O) groups excluding carboxylic acids is 2. The lowest BCUT2D eigenvalue weighted by molar-refractivity contribution is -0.151. The van der Waals surface area contributed by atoms with Gasteiger partial charge in [0.15, 0.2) is 6.10 Å². The molecule has 0 spiro atoms. The van der Waals surface area contributed by atoms with Crippen LogP contribution >= 0.6 is 11.6 Å². The Labute approximate surface area is 165 Å². The van der Waals surface area contributed by atoms with E-state index in [9.17, 15) is 9.59 Å². The standard InChI is InChI=1S/C20H27ClN2O4/c1-14(27-18-8-4-7-16(21)9-18)20(25)22(2)17-10-23(11-17)19(24)13-26-12-15-5-3-6-15/h4,7-9,14-15,17H,3,5-6,10-13H2,1-2H3. The van der Waals surface area contributed by atoms with E-state index < -0.39 is 6.10 Å². The third-order valence-electron chi connectivity index (χ3n) is 5.37. The van der Waals surface area contributed by atoms with Crippen LogP contribution in [0.5, 0.6) is 5.75 Å². The van der Waals surface area contributed by atoms with Crippen LogP contribution in [0.4, 0.5) is 0 Å². The van der Waals surface area contributed by atoms with Gasteiger partial charge in [0.25, 0.3) is 5.91 Å². The summed E-state index contributed by atoms with van der Waals surface area (Å²) in [4.78, 5) is 28.1. The van der Waals surface area contributed by atoms with E-state index in [1.807, 2.05) is 0 Å². The van der Waals surface area contributed by atoms with Crippen molar-refractivity contribution in [2.75, 3.05) is 33.4 Å². The fraction of sp³-hybridized carbons (Fsp3) is 0.600. The number of ether oxygens (including phenoxy) is 2. The van der Waals surface area contributed by atoms with Crippen LogP contribution in [-0.4, -0.2) is 67.1 Å². The molecular formula is C20H27ClN2O4. The topological polar surface area (TPSA) is 59.1 Å². The monoisotopic (exact) mass is 394 g/mol. The van der Waals surface area contributed by atoms with Crippen LogP contribution in [0.1, 0.15) is 26.2 Å². The van der Waals surface area contributed by atoms with Gasteiger partial charge in [-0.1, -0.05) is 24.1 Å². The second-order valence-corrected chi connectivity index (χ2v) is 7.87. The van der Waals surface area contributed by atoms with Crippen molar-refractivity contribution in [3.63, 3.8) is 0 Å². The maximum Gasteiger partial charge on any atom is 0.263 e. The minimum absolute atomic E-state index is 0.00496. The predicted molar refractivity (Wildman–Crippen MR) is 103 cm³/mol. The number of carbonyl (C=O) groups is 2. The molecule has 0 radical (unpaired) electrons. The van der Waals surface area contributed by atoms with Crippen LogP contribution in [-0.2, 0) is 14.3 Å². The zero-order valence-electron chi connectivity index (χ0n) is 15.9. The van der Waals surface area contributed by atoms with Crippen LogP contribution in [0.15, 0.2) is 24.3 Å². The Bertz CT molecular complexity index is 674. The molecule has 1 heterocycles. The Hall–Kier alpha value is -1.79. The SMILES string of the molecule is CC(Oc1cccc(Cl)c1)C(=O)N(C)C1CN(C(=O)COCC2CCC2)C1. The zero-order chi connectivity index (χ0) is 19.4. The summed E-state index contributed by atoms with van der Waals surface area (Å²) in [6.45, 7) is 3.61. The summed E-state index contributed by atoms with van der Waals surface area (Å²) in [5.41, 5.74) is 0. The molecule has 2 amide bonds. The third-order valence-corrected chi connectivity index (χ3v) is 5.61. The molecule has 6 nitrogen and oxygen atoms in total. The number of nitrogens with zero attached hydrogens (tertiary/aromatic N) is 2. The summed E-state index contributed by atoms with van der Waals surface area (Å²) >= 11 is 5.94. The normalized spacial score (nSPS) is 18.4.